The Hall–Kier alpha value is -0.950. The number of nitrogens with zero attached hydrogens (tertiary/aromatic N) is 2. The van der Waals surface area contributed by atoms with E-state index in [2.05, 4.69) is 10.2 Å². The molecule has 3 unspecified atom stereocenters. The summed E-state index contributed by atoms with van der Waals surface area (Å²) in [5.41, 5.74) is 0. The van der Waals surface area contributed by atoms with Crippen molar-refractivity contribution in [1.29, 1.82) is 0 Å². The number of nitrogens with one attached hydrogen (secondary N) is 1. The molecule has 3 heterocycles. The fraction of sp³-hybridized carbons (Fsp3) is 0.875. The standard InChI is InChI=1S/C16H23F2N3O2.ClH/c17-16(18)7-12(19-9-16)15(23)20-6-5-13-10(8-20)1-4-14(22)21(13)11-2-3-11;/h10-13,19H,1-9H2;1H. The zero-order valence-electron chi connectivity index (χ0n) is 13.5. The lowest BCUT2D eigenvalue weighted by atomic mass is 9.83. The minimum absolute atomic E-state index is 0. The molecule has 24 heavy (non-hydrogen) atoms. The van der Waals surface area contributed by atoms with E-state index < -0.39 is 24.9 Å². The second-order valence-electron chi connectivity index (χ2n) is 7.46. The van der Waals surface area contributed by atoms with Crippen molar-refractivity contribution in [1.82, 2.24) is 15.1 Å². The van der Waals surface area contributed by atoms with Gasteiger partial charge in [-0.3, -0.25) is 14.9 Å². The number of fused-ring (bicyclic) bond motifs is 1. The molecule has 136 valence electrons. The van der Waals surface area contributed by atoms with Gasteiger partial charge in [-0.05, 0) is 31.6 Å². The monoisotopic (exact) mass is 363 g/mol. The molecule has 4 fully saturated rings. The van der Waals surface area contributed by atoms with Gasteiger partial charge in [0.2, 0.25) is 11.8 Å². The van der Waals surface area contributed by atoms with Gasteiger partial charge in [0, 0.05) is 38.0 Å². The summed E-state index contributed by atoms with van der Waals surface area (Å²) in [6.07, 6.45) is 3.94. The smallest absolute Gasteiger partial charge is 0.262 e. The number of carbonyl (C=O) groups is 2. The lowest BCUT2D eigenvalue weighted by Gasteiger charge is -2.47. The number of halogens is 3. The van der Waals surface area contributed by atoms with Gasteiger partial charge in [-0.15, -0.1) is 12.4 Å². The molecular weight excluding hydrogens is 340 g/mol. The van der Waals surface area contributed by atoms with E-state index in [1.807, 2.05) is 0 Å². The maximum absolute atomic E-state index is 13.3. The number of carbonyl (C=O) groups excluding carboxylic acids is 2. The Bertz CT molecular complexity index is 529. The molecule has 1 N–H and O–H groups in total. The maximum atomic E-state index is 13.3. The lowest BCUT2D eigenvalue weighted by Crippen LogP contribution is -2.59. The van der Waals surface area contributed by atoms with Crippen molar-refractivity contribution in [2.45, 2.75) is 62.6 Å². The highest BCUT2D eigenvalue weighted by molar-refractivity contribution is 5.85. The van der Waals surface area contributed by atoms with E-state index in [4.69, 9.17) is 0 Å². The van der Waals surface area contributed by atoms with Crippen molar-refractivity contribution in [3.63, 3.8) is 0 Å². The molecule has 3 atom stereocenters. The Kier molecular flexibility index (Phi) is 4.77. The van der Waals surface area contributed by atoms with Gasteiger partial charge in [0.1, 0.15) is 0 Å². The van der Waals surface area contributed by atoms with Gasteiger partial charge in [0.15, 0.2) is 0 Å². The first-order valence-corrected chi connectivity index (χ1v) is 8.66. The van der Waals surface area contributed by atoms with Crippen molar-refractivity contribution in [2.75, 3.05) is 19.6 Å². The molecule has 0 aromatic heterocycles. The second kappa shape index (κ2) is 6.41. The molecule has 4 rings (SSSR count). The summed E-state index contributed by atoms with van der Waals surface area (Å²) in [5.74, 6) is -2.42. The first kappa shape index (κ1) is 17.9. The number of hydrogen-bond acceptors (Lipinski definition) is 3. The molecule has 0 bridgehead atoms. The van der Waals surface area contributed by atoms with Gasteiger partial charge in [0.05, 0.1) is 12.6 Å². The molecule has 1 aliphatic carbocycles. The Morgan fingerprint density at radius 2 is 1.96 bits per heavy atom. The van der Waals surface area contributed by atoms with Crippen LogP contribution in [0.3, 0.4) is 0 Å². The number of amides is 2. The van der Waals surface area contributed by atoms with Gasteiger partial charge in [-0.25, -0.2) is 8.78 Å². The zero-order valence-corrected chi connectivity index (χ0v) is 14.4. The summed E-state index contributed by atoms with van der Waals surface area (Å²) in [6, 6.07) is -0.107. The van der Waals surface area contributed by atoms with Crippen molar-refractivity contribution in [3.8, 4) is 0 Å². The molecule has 0 aromatic carbocycles. The zero-order chi connectivity index (χ0) is 16.2. The van der Waals surface area contributed by atoms with Crippen molar-refractivity contribution in [3.05, 3.63) is 0 Å². The summed E-state index contributed by atoms with van der Waals surface area (Å²) in [7, 11) is 0. The summed E-state index contributed by atoms with van der Waals surface area (Å²) in [6.45, 7) is 0.761. The van der Waals surface area contributed by atoms with E-state index in [0.717, 1.165) is 25.7 Å². The number of rotatable bonds is 2. The summed E-state index contributed by atoms with van der Waals surface area (Å²) in [4.78, 5) is 28.5. The molecule has 5 nitrogen and oxygen atoms in total. The molecule has 2 amide bonds. The van der Waals surface area contributed by atoms with Gasteiger partial charge < -0.3 is 9.80 Å². The lowest BCUT2D eigenvalue weighted by molar-refractivity contribution is -0.145. The van der Waals surface area contributed by atoms with Crippen LogP contribution < -0.4 is 5.32 Å². The quantitative estimate of drug-likeness (QED) is 0.807. The number of piperidine rings is 2. The van der Waals surface area contributed by atoms with Crippen LogP contribution in [0.25, 0.3) is 0 Å². The maximum Gasteiger partial charge on any atom is 0.262 e. The van der Waals surface area contributed by atoms with E-state index in [-0.39, 0.29) is 30.3 Å². The Balaban J connectivity index is 0.00000169. The molecule has 0 aromatic rings. The fourth-order valence-corrected chi connectivity index (χ4v) is 4.43. The van der Waals surface area contributed by atoms with Gasteiger partial charge >= 0.3 is 0 Å². The molecule has 0 spiro atoms. The largest absolute Gasteiger partial charge is 0.341 e. The van der Waals surface area contributed by atoms with Crippen molar-refractivity contribution >= 4 is 24.2 Å². The van der Waals surface area contributed by atoms with Crippen LogP contribution in [0.2, 0.25) is 0 Å². The van der Waals surface area contributed by atoms with Crippen LogP contribution in [0, 0.1) is 5.92 Å². The third-order valence-corrected chi connectivity index (χ3v) is 5.73. The molecule has 3 saturated heterocycles. The van der Waals surface area contributed by atoms with E-state index in [1.54, 1.807) is 4.90 Å². The van der Waals surface area contributed by atoms with Gasteiger partial charge in [-0.1, -0.05) is 0 Å². The van der Waals surface area contributed by atoms with E-state index in [1.165, 1.54) is 0 Å². The molecule has 8 heteroatoms. The molecule has 3 aliphatic heterocycles. The predicted molar refractivity (Wildman–Crippen MR) is 86.2 cm³/mol. The number of likely N-dealkylation sites (tertiary alicyclic amines) is 2. The SMILES string of the molecule is Cl.O=C(C1CC(F)(F)CN1)N1CCC2C(CCC(=O)N2C2CC2)C1. The minimum Gasteiger partial charge on any atom is -0.341 e. The molecule has 4 aliphatic rings. The van der Waals surface area contributed by atoms with Crippen molar-refractivity contribution in [2.24, 2.45) is 5.92 Å². The van der Waals surface area contributed by atoms with Gasteiger partial charge in [0.25, 0.3) is 5.92 Å². The van der Waals surface area contributed by atoms with Crippen LogP contribution in [0.5, 0.6) is 0 Å². The van der Waals surface area contributed by atoms with E-state index in [9.17, 15) is 18.4 Å². The average Bonchev–Trinajstić information content (AvgIpc) is 3.28. The Labute approximate surface area is 146 Å². The van der Waals surface area contributed by atoms with Crippen LogP contribution in [0.1, 0.15) is 38.5 Å². The fourth-order valence-electron chi connectivity index (χ4n) is 4.43. The highest BCUT2D eigenvalue weighted by Crippen LogP contribution is 2.39. The van der Waals surface area contributed by atoms with Crippen LogP contribution in [0.4, 0.5) is 8.78 Å². The predicted octanol–water partition coefficient (Wildman–Crippen LogP) is 1.41. The number of alkyl halides is 2. The highest BCUT2D eigenvalue weighted by Gasteiger charge is 2.48. The topological polar surface area (TPSA) is 52.7 Å². The summed E-state index contributed by atoms with van der Waals surface area (Å²) < 4.78 is 26.6. The number of hydrogen-bond donors (Lipinski definition) is 1. The van der Waals surface area contributed by atoms with Gasteiger partial charge in [-0.2, -0.15) is 0 Å². The first-order chi connectivity index (χ1) is 10.9. The van der Waals surface area contributed by atoms with Crippen LogP contribution >= 0.6 is 12.4 Å². The van der Waals surface area contributed by atoms with Crippen molar-refractivity contribution < 1.29 is 18.4 Å². The second-order valence-corrected chi connectivity index (χ2v) is 7.46. The van der Waals surface area contributed by atoms with E-state index in [0.29, 0.717) is 31.5 Å². The minimum atomic E-state index is -2.78. The first-order valence-electron chi connectivity index (χ1n) is 8.66. The highest BCUT2D eigenvalue weighted by atomic mass is 35.5. The Morgan fingerprint density at radius 3 is 2.58 bits per heavy atom. The summed E-state index contributed by atoms with van der Waals surface area (Å²) >= 11 is 0. The summed E-state index contributed by atoms with van der Waals surface area (Å²) in [5, 5.41) is 2.65. The Morgan fingerprint density at radius 1 is 1.21 bits per heavy atom. The van der Waals surface area contributed by atoms with E-state index >= 15 is 0 Å². The normalized spacial score (nSPS) is 35.4. The average molecular weight is 364 g/mol. The third-order valence-electron chi connectivity index (χ3n) is 5.73. The van der Waals surface area contributed by atoms with Crippen LogP contribution in [0.15, 0.2) is 0 Å². The molecular formula is C16H24ClF2N3O2. The third kappa shape index (κ3) is 3.25. The van der Waals surface area contributed by atoms with Crippen LogP contribution in [-0.2, 0) is 9.59 Å². The molecule has 0 radical (unpaired) electrons. The molecule has 1 saturated carbocycles. The van der Waals surface area contributed by atoms with Crippen LogP contribution in [-0.4, -0.2) is 65.3 Å².